The lowest BCUT2D eigenvalue weighted by Gasteiger charge is -2.09. The van der Waals surface area contributed by atoms with Crippen LogP contribution < -0.4 is 10.6 Å². The van der Waals surface area contributed by atoms with Crippen molar-refractivity contribution in [1.82, 2.24) is 10.6 Å². The van der Waals surface area contributed by atoms with E-state index in [0.717, 1.165) is 30.5 Å². The number of hydrogen-bond acceptors (Lipinski definition) is 1. The van der Waals surface area contributed by atoms with Crippen LogP contribution in [0.2, 0.25) is 5.02 Å². The molecule has 1 rings (SSSR count). The molecule has 106 valence electrons. The smallest absolute Gasteiger partial charge is 0.191 e. The van der Waals surface area contributed by atoms with Crippen molar-refractivity contribution in [2.24, 2.45) is 4.99 Å². The number of aliphatic imine (C=N–C) groups is 1. The standard InChI is InChI=1S/C14H20ClN3.HI/c1-3-9-17-14(16-4-2)18-10-8-12-6-5-7-13(15)11-12;/h3,5-7,11H,1,4,8-10H2,2H3,(H2,16,17,18);1H. The van der Waals surface area contributed by atoms with Gasteiger partial charge in [-0.2, -0.15) is 0 Å². The minimum absolute atomic E-state index is 0. The molecule has 0 atom stereocenters. The molecule has 0 saturated heterocycles. The fourth-order valence-electron chi connectivity index (χ4n) is 1.50. The lowest BCUT2D eigenvalue weighted by Crippen LogP contribution is -2.37. The SMILES string of the molecule is C=CCNC(=NCCc1cccc(Cl)c1)NCC.I. The summed E-state index contributed by atoms with van der Waals surface area (Å²) in [5, 5.41) is 7.11. The van der Waals surface area contributed by atoms with Gasteiger partial charge in [0.15, 0.2) is 5.96 Å². The highest BCUT2D eigenvalue weighted by molar-refractivity contribution is 14.0. The third kappa shape index (κ3) is 8.10. The zero-order valence-electron chi connectivity index (χ0n) is 11.2. The van der Waals surface area contributed by atoms with E-state index in [1.54, 1.807) is 0 Å². The Morgan fingerprint density at radius 1 is 1.42 bits per heavy atom. The van der Waals surface area contributed by atoms with Crippen LogP contribution in [-0.2, 0) is 6.42 Å². The average Bonchev–Trinajstić information content (AvgIpc) is 2.36. The van der Waals surface area contributed by atoms with Crippen LogP contribution in [0.3, 0.4) is 0 Å². The molecule has 1 aromatic carbocycles. The number of hydrogen-bond donors (Lipinski definition) is 2. The van der Waals surface area contributed by atoms with E-state index in [0.29, 0.717) is 6.54 Å². The van der Waals surface area contributed by atoms with Crippen molar-refractivity contribution in [1.29, 1.82) is 0 Å². The summed E-state index contributed by atoms with van der Waals surface area (Å²) < 4.78 is 0. The van der Waals surface area contributed by atoms with E-state index in [-0.39, 0.29) is 24.0 Å². The molecule has 3 nitrogen and oxygen atoms in total. The minimum atomic E-state index is 0. The summed E-state index contributed by atoms with van der Waals surface area (Å²) >= 11 is 5.93. The van der Waals surface area contributed by atoms with Crippen LogP contribution in [0.5, 0.6) is 0 Å². The highest BCUT2D eigenvalue weighted by atomic mass is 127. The fourth-order valence-corrected chi connectivity index (χ4v) is 1.71. The lowest BCUT2D eigenvalue weighted by atomic mass is 10.1. The Morgan fingerprint density at radius 2 is 2.21 bits per heavy atom. The van der Waals surface area contributed by atoms with Gasteiger partial charge in [-0.3, -0.25) is 4.99 Å². The summed E-state index contributed by atoms with van der Waals surface area (Å²) in [5.74, 6) is 0.819. The molecule has 0 heterocycles. The van der Waals surface area contributed by atoms with Gasteiger partial charge in [-0.05, 0) is 31.0 Å². The Bertz CT molecular complexity index is 407. The predicted molar refractivity (Wildman–Crippen MR) is 94.7 cm³/mol. The molecule has 19 heavy (non-hydrogen) atoms. The number of nitrogens with one attached hydrogen (secondary N) is 2. The second kappa shape index (κ2) is 11.1. The molecule has 1 aromatic rings. The van der Waals surface area contributed by atoms with E-state index in [2.05, 4.69) is 28.3 Å². The largest absolute Gasteiger partial charge is 0.357 e. The molecule has 0 unspecified atom stereocenters. The van der Waals surface area contributed by atoms with Crippen molar-refractivity contribution in [3.63, 3.8) is 0 Å². The molecule has 0 saturated carbocycles. The van der Waals surface area contributed by atoms with Crippen LogP contribution in [0, 0.1) is 0 Å². The van der Waals surface area contributed by atoms with Gasteiger partial charge in [0.05, 0.1) is 0 Å². The number of halogens is 2. The molecule has 0 aliphatic carbocycles. The van der Waals surface area contributed by atoms with Crippen LogP contribution in [0.4, 0.5) is 0 Å². The predicted octanol–water partition coefficient (Wildman–Crippen LogP) is 3.24. The van der Waals surface area contributed by atoms with E-state index in [4.69, 9.17) is 11.6 Å². The van der Waals surface area contributed by atoms with E-state index < -0.39 is 0 Å². The zero-order chi connectivity index (χ0) is 13.2. The first kappa shape index (κ1) is 18.2. The van der Waals surface area contributed by atoms with Crippen molar-refractivity contribution in [3.05, 3.63) is 47.5 Å². The normalized spacial score (nSPS) is 10.5. The van der Waals surface area contributed by atoms with Gasteiger partial charge >= 0.3 is 0 Å². The first-order valence-electron chi connectivity index (χ1n) is 6.13. The number of rotatable bonds is 6. The Hall–Kier alpha value is -0.750. The summed E-state index contributed by atoms with van der Waals surface area (Å²) in [4.78, 5) is 4.48. The van der Waals surface area contributed by atoms with E-state index >= 15 is 0 Å². The van der Waals surface area contributed by atoms with E-state index in [1.165, 1.54) is 5.56 Å². The topological polar surface area (TPSA) is 36.4 Å². The van der Waals surface area contributed by atoms with Gasteiger partial charge in [0.2, 0.25) is 0 Å². The lowest BCUT2D eigenvalue weighted by molar-refractivity contribution is 0.851. The molecule has 0 radical (unpaired) electrons. The summed E-state index contributed by atoms with van der Waals surface area (Å²) in [6.45, 7) is 8.00. The van der Waals surface area contributed by atoms with Crippen LogP contribution in [0.25, 0.3) is 0 Å². The summed E-state index contributed by atoms with van der Waals surface area (Å²) in [6.07, 6.45) is 2.69. The van der Waals surface area contributed by atoms with Gasteiger partial charge in [0, 0.05) is 24.7 Å². The number of guanidine groups is 1. The maximum atomic E-state index is 5.93. The quantitative estimate of drug-likeness (QED) is 0.337. The maximum absolute atomic E-state index is 5.93. The van der Waals surface area contributed by atoms with Gasteiger partial charge in [0.1, 0.15) is 0 Å². The summed E-state index contributed by atoms with van der Waals surface area (Å²) in [6, 6.07) is 7.87. The monoisotopic (exact) mass is 393 g/mol. The first-order valence-corrected chi connectivity index (χ1v) is 6.51. The summed E-state index contributed by atoms with van der Waals surface area (Å²) in [7, 11) is 0. The fraction of sp³-hybridized carbons (Fsp3) is 0.357. The van der Waals surface area contributed by atoms with Gasteiger partial charge in [-0.25, -0.2) is 0 Å². The highest BCUT2D eigenvalue weighted by Gasteiger charge is 1.96. The van der Waals surface area contributed by atoms with Gasteiger partial charge < -0.3 is 10.6 Å². The van der Waals surface area contributed by atoms with E-state index in [9.17, 15) is 0 Å². The molecule has 0 bridgehead atoms. The van der Waals surface area contributed by atoms with Crippen molar-refractivity contribution < 1.29 is 0 Å². The second-order valence-electron chi connectivity index (χ2n) is 3.81. The molecule has 5 heteroatoms. The zero-order valence-corrected chi connectivity index (χ0v) is 14.2. The third-order valence-corrected chi connectivity index (χ3v) is 2.55. The maximum Gasteiger partial charge on any atom is 0.191 e. The van der Waals surface area contributed by atoms with Crippen LogP contribution in [0.15, 0.2) is 41.9 Å². The Balaban J connectivity index is 0.00000324. The Kier molecular flexibility index (Phi) is 10.7. The van der Waals surface area contributed by atoms with Gasteiger partial charge in [-0.15, -0.1) is 30.6 Å². The van der Waals surface area contributed by atoms with Crippen molar-refractivity contribution >= 4 is 41.5 Å². The third-order valence-electron chi connectivity index (χ3n) is 2.32. The van der Waals surface area contributed by atoms with E-state index in [1.807, 2.05) is 31.2 Å². The molecule has 2 N–H and O–H groups in total. The molecular formula is C14H21ClIN3. The van der Waals surface area contributed by atoms with Crippen LogP contribution in [-0.4, -0.2) is 25.6 Å². The van der Waals surface area contributed by atoms with Crippen LogP contribution in [0.1, 0.15) is 12.5 Å². The molecular weight excluding hydrogens is 373 g/mol. The Labute approximate surface area is 137 Å². The van der Waals surface area contributed by atoms with Crippen molar-refractivity contribution in [3.8, 4) is 0 Å². The average molecular weight is 394 g/mol. The van der Waals surface area contributed by atoms with Gasteiger partial charge in [0.25, 0.3) is 0 Å². The highest BCUT2D eigenvalue weighted by Crippen LogP contribution is 2.10. The molecule has 0 aliphatic heterocycles. The summed E-state index contributed by atoms with van der Waals surface area (Å²) in [5.41, 5.74) is 1.20. The minimum Gasteiger partial charge on any atom is -0.357 e. The number of nitrogens with zero attached hydrogens (tertiary/aromatic N) is 1. The van der Waals surface area contributed by atoms with Crippen molar-refractivity contribution in [2.75, 3.05) is 19.6 Å². The van der Waals surface area contributed by atoms with Crippen molar-refractivity contribution in [2.45, 2.75) is 13.3 Å². The van der Waals surface area contributed by atoms with Crippen LogP contribution >= 0.6 is 35.6 Å². The first-order chi connectivity index (χ1) is 8.76. The molecule has 0 aliphatic rings. The van der Waals surface area contributed by atoms with Gasteiger partial charge in [-0.1, -0.05) is 29.8 Å². The molecule has 0 fully saturated rings. The molecule has 0 aromatic heterocycles. The second-order valence-corrected chi connectivity index (χ2v) is 4.25. The molecule has 0 spiro atoms. The number of benzene rings is 1. The Morgan fingerprint density at radius 3 is 2.84 bits per heavy atom. The molecule has 0 amide bonds.